The number of nitro benzene ring substituents is 1. The number of rotatable bonds is 6. The molecule has 0 bridgehead atoms. The van der Waals surface area contributed by atoms with E-state index in [0.29, 0.717) is 0 Å². The van der Waals surface area contributed by atoms with Crippen LogP contribution in [0.25, 0.3) is 0 Å². The summed E-state index contributed by atoms with van der Waals surface area (Å²) in [5.41, 5.74) is 0.699. The first-order chi connectivity index (χ1) is 11.9. The van der Waals surface area contributed by atoms with Crippen molar-refractivity contribution in [3.63, 3.8) is 0 Å². The van der Waals surface area contributed by atoms with Crippen LogP contribution < -0.4 is 5.32 Å². The van der Waals surface area contributed by atoms with Gasteiger partial charge in [0, 0.05) is 27.7 Å². The van der Waals surface area contributed by atoms with Crippen LogP contribution in [0.1, 0.15) is 22.8 Å². The lowest BCUT2D eigenvalue weighted by atomic mass is 10.2. The van der Waals surface area contributed by atoms with E-state index in [2.05, 4.69) is 21.2 Å². The third-order valence-electron chi connectivity index (χ3n) is 3.35. The van der Waals surface area contributed by atoms with Crippen LogP contribution in [0, 0.1) is 10.1 Å². The third-order valence-corrected chi connectivity index (χ3v) is 4.12. The van der Waals surface area contributed by atoms with Gasteiger partial charge >= 0.3 is 5.97 Å². The Bertz CT molecular complexity index is 809. The molecule has 0 aromatic heterocycles. The van der Waals surface area contributed by atoms with Crippen LogP contribution in [0.15, 0.2) is 53.0 Å². The third kappa shape index (κ3) is 5.12. The number of carbonyl (C=O) groups excluding carboxylic acids is 2. The summed E-state index contributed by atoms with van der Waals surface area (Å²) in [5.74, 6) is -1.19. The van der Waals surface area contributed by atoms with Crippen molar-refractivity contribution < 1.29 is 19.2 Å². The Hall–Kier alpha value is -2.74. The molecule has 0 aliphatic heterocycles. The average Bonchev–Trinajstić information content (AvgIpc) is 2.60. The zero-order chi connectivity index (χ0) is 18.4. The molecule has 0 aliphatic rings. The number of halogens is 1. The lowest BCUT2D eigenvalue weighted by molar-refractivity contribution is -0.384. The summed E-state index contributed by atoms with van der Waals surface area (Å²) in [7, 11) is 0. The second-order valence-corrected chi connectivity index (χ2v) is 6.06. The van der Waals surface area contributed by atoms with Crippen LogP contribution in [0.3, 0.4) is 0 Å². The number of non-ortho nitro benzene ring substituents is 1. The molecule has 0 saturated heterocycles. The highest BCUT2D eigenvalue weighted by Gasteiger charge is 2.19. The molecule has 0 spiro atoms. The molecule has 0 heterocycles. The second kappa shape index (κ2) is 8.39. The number of nitrogens with zero attached hydrogens (tertiary/aromatic N) is 1. The summed E-state index contributed by atoms with van der Waals surface area (Å²) in [4.78, 5) is 34.3. The molecule has 2 aromatic rings. The highest BCUT2D eigenvalue weighted by Crippen LogP contribution is 2.17. The minimum Gasteiger partial charge on any atom is -0.459 e. The van der Waals surface area contributed by atoms with Crippen molar-refractivity contribution in [2.75, 3.05) is 0 Å². The monoisotopic (exact) mass is 406 g/mol. The van der Waals surface area contributed by atoms with E-state index in [-0.39, 0.29) is 17.9 Å². The largest absolute Gasteiger partial charge is 0.459 e. The van der Waals surface area contributed by atoms with Gasteiger partial charge in [0.1, 0.15) is 12.6 Å². The van der Waals surface area contributed by atoms with E-state index in [1.54, 1.807) is 0 Å². The van der Waals surface area contributed by atoms with Gasteiger partial charge in [0.15, 0.2) is 0 Å². The van der Waals surface area contributed by atoms with Gasteiger partial charge < -0.3 is 10.1 Å². The number of hydrogen-bond donors (Lipinski definition) is 1. The molecule has 0 fully saturated rings. The molecule has 1 N–H and O–H groups in total. The number of amides is 1. The van der Waals surface area contributed by atoms with Crippen molar-refractivity contribution in [1.29, 1.82) is 0 Å². The van der Waals surface area contributed by atoms with Crippen molar-refractivity contribution in [3.8, 4) is 0 Å². The molecular formula is C17H15BrN2O5. The molecule has 7 nitrogen and oxygen atoms in total. The average molecular weight is 407 g/mol. The number of nitrogens with one attached hydrogen (secondary N) is 1. The predicted octanol–water partition coefficient (Wildman–Crippen LogP) is 3.22. The highest BCUT2D eigenvalue weighted by atomic mass is 79.9. The van der Waals surface area contributed by atoms with E-state index in [1.165, 1.54) is 25.1 Å². The Morgan fingerprint density at radius 1 is 1.24 bits per heavy atom. The molecule has 130 valence electrons. The van der Waals surface area contributed by atoms with Crippen molar-refractivity contribution in [1.82, 2.24) is 5.32 Å². The topological polar surface area (TPSA) is 98.5 Å². The van der Waals surface area contributed by atoms with Gasteiger partial charge in [-0.1, -0.05) is 40.2 Å². The van der Waals surface area contributed by atoms with Crippen molar-refractivity contribution in [2.24, 2.45) is 0 Å². The number of benzene rings is 2. The molecule has 0 unspecified atom stereocenters. The first-order valence-corrected chi connectivity index (χ1v) is 8.13. The molecule has 25 heavy (non-hydrogen) atoms. The van der Waals surface area contributed by atoms with Crippen LogP contribution >= 0.6 is 15.9 Å². The summed E-state index contributed by atoms with van der Waals surface area (Å²) >= 11 is 3.36. The summed E-state index contributed by atoms with van der Waals surface area (Å²) in [6.45, 7) is 1.55. The Morgan fingerprint density at radius 3 is 2.64 bits per heavy atom. The van der Waals surface area contributed by atoms with E-state index in [0.717, 1.165) is 16.1 Å². The van der Waals surface area contributed by atoms with Gasteiger partial charge in [0.2, 0.25) is 0 Å². The zero-order valence-electron chi connectivity index (χ0n) is 13.3. The van der Waals surface area contributed by atoms with Crippen LogP contribution in [0.2, 0.25) is 0 Å². The van der Waals surface area contributed by atoms with Gasteiger partial charge in [0.25, 0.3) is 11.6 Å². The number of nitro groups is 1. The SMILES string of the molecule is C[C@H](NC(=O)c1cccc([N+](=O)[O-])c1)C(=O)OCc1ccccc1Br. The van der Waals surface area contributed by atoms with Gasteiger partial charge in [-0.3, -0.25) is 14.9 Å². The number of carbonyl (C=O) groups is 2. The van der Waals surface area contributed by atoms with E-state index in [1.807, 2.05) is 24.3 Å². The summed E-state index contributed by atoms with van der Waals surface area (Å²) < 4.78 is 5.99. The first-order valence-electron chi connectivity index (χ1n) is 7.34. The Morgan fingerprint density at radius 2 is 1.96 bits per heavy atom. The van der Waals surface area contributed by atoms with Crippen LogP contribution in [0.4, 0.5) is 5.69 Å². The number of hydrogen-bond acceptors (Lipinski definition) is 5. The van der Waals surface area contributed by atoms with Gasteiger partial charge in [-0.05, 0) is 19.1 Å². The maximum atomic E-state index is 12.1. The van der Waals surface area contributed by atoms with Crippen molar-refractivity contribution in [2.45, 2.75) is 19.6 Å². The number of esters is 1. The highest BCUT2D eigenvalue weighted by molar-refractivity contribution is 9.10. The summed E-state index contributed by atoms with van der Waals surface area (Å²) in [6, 6.07) is 11.7. The fourth-order valence-electron chi connectivity index (χ4n) is 1.99. The van der Waals surface area contributed by atoms with Crippen LogP contribution in [-0.4, -0.2) is 22.8 Å². The Balaban J connectivity index is 1.94. The molecule has 1 amide bonds. The van der Waals surface area contributed by atoms with Crippen LogP contribution in [-0.2, 0) is 16.1 Å². The number of ether oxygens (including phenoxy) is 1. The lowest BCUT2D eigenvalue weighted by Crippen LogP contribution is -2.39. The second-order valence-electron chi connectivity index (χ2n) is 5.20. The van der Waals surface area contributed by atoms with Crippen LogP contribution in [0.5, 0.6) is 0 Å². The molecule has 0 radical (unpaired) electrons. The molecule has 1 atom stereocenters. The molecular weight excluding hydrogens is 392 g/mol. The van der Waals surface area contributed by atoms with Gasteiger partial charge in [0.05, 0.1) is 4.92 Å². The predicted molar refractivity (Wildman–Crippen MR) is 94.0 cm³/mol. The molecule has 2 aromatic carbocycles. The first kappa shape index (κ1) is 18.6. The minimum absolute atomic E-state index is 0.0667. The zero-order valence-corrected chi connectivity index (χ0v) is 14.9. The van der Waals surface area contributed by atoms with Gasteiger partial charge in [-0.2, -0.15) is 0 Å². The Kier molecular flexibility index (Phi) is 6.24. The maximum Gasteiger partial charge on any atom is 0.328 e. The Labute approximate surface area is 152 Å². The summed E-state index contributed by atoms with van der Waals surface area (Å²) in [6.07, 6.45) is 0. The molecule has 0 saturated carbocycles. The van der Waals surface area contributed by atoms with E-state index in [9.17, 15) is 19.7 Å². The van der Waals surface area contributed by atoms with Crippen molar-refractivity contribution >= 4 is 33.5 Å². The maximum absolute atomic E-state index is 12.1. The fourth-order valence-corrected chi connectivity index (χ4v) is 2.39. The van der Waals surface area contributed by atoms with Crippen molar-refractivity contribution in [3.05, 3.63) is 74.2 Å². The van der Waals surface area contributed by atoms with E-state index >= 15 is 0 Å². The van der Waals surface area contributed by atoms with Gasteiger partial charge in [-0.15, -0.1) is 0 Å². The van der Waals surface area contributed by atoms with Gasteiger partial charge in [-0.25, -0.2) is 4.79 Å². The fraction of sp³-hybridized carbons (Fsp3) is 0.176. The molecule has 0 aliphatic carbocycles. The smallest absolute Gasteiger partial charge is 0.328 e. The van der Waals surface area contributed by atoms with E-state index < -0.39 is 22.8 Å². The minimum atomic E-state index is -0.894. The molecule has 2 rings (SSSR count). The van der Waals surface area contributed by atoms with E-state index in [4.69, 9.17) is 4.74 Å². The normalized spacial score (nSPS) is 11.4. The quantitative estimate of drug-likeness (QED) is 0.451. The lowest BCUT2D eigenvalue weighted by Gasteiger charge is -2.14. The summed E-state index contributed by atoms with van der Waals surface area (Å²) in [5, 5.41) is 13.2. The standard InChI is InChI=1S/C17H15BrN2O5/c1-11(17(22)25-10-13-5-2-3-8-15(13)18)19-16(21)12-6-4-7-14(9-12)20(23)24/h2-9,11H,10H2,1H3,(H,19,21)/t11-/m0/s1. The molecule has 8 heteroatoms.